The van der Waals surface area contributed by atoms with Crippen molar-refractivity contribution >= 4 is 40.4 Å². The van der Waals surface area contributed by atoms with Gasteiger partial charge in [0.05, 0.1) is 21.7 Å². The van der Waals surface area contributed by atoms with Gasteiger partial charge < -0.3 is 20.6 Å². The molecule has 3 N–H and O–H groups in total. The molecule has 1 aromatic heterocycles. The highest BCUT2D eigenvalue weighted by Crippen LogP contribution is 2.25. The number of anilines is 1. The highest BCUT2D eigenvalue weighted by Gasteiger charge is 2.34. The molecule has 1 aliphatic heterocycles. The fraction of sp³-hybridized carbons (Fsp3) is 0.630. The molecular formula is C27H38N6O3S. The average Bonchev–Trinajstić information content (AvgIpc) is 3.31. The number of thiocarbonyl (C=S) groups is 1. The van der Waals surface area contributed by atoms with Crippen LogP contribution in [0.2, 0.25) is 0 Å². The lowest BCUT2D eigenvalue weighted by Gasteiger charge is -2.26. The lowest BCUT2D eigenvalue weighted by atomic mass is 9.95. The van der Waals surface area contributed by atoms with Gasteiger partial charge >= 0.3 is 0 Å². The zero-order valence-electron chi connectivity index (χ0n) is 22.2. The maximum absolute atomic E-state index is 13.6. The molecule has 200 valence electrons. The largest absolute Gasteiger partial charge is 0.389 e. The van der Waals surface area contributed by atoms with Crippen LogP contribution < -0.4 is 10.6 Å². The molecule has 2 aliphatic rings. The molecule has 1 aromatic rings. The number of likely N-dealkylation sites (tertiary alicyclic amines) is 1. The molecule has 1 aliphatic carbocycles. The molecule has 0 spiro atoms. The van der Waals surface area contributed by atoms with Gasteiger partial charge in [0.1, 0.15) is 11.9 Å². The zero-order valence-corrected chi connectivity index (χ0v) is 23.0. The monoisotopic (exact) mass is 526 g/mol. The van der Waals surface area contributed by atoms with Crippen LogP contribution >= 0.6 is 12.2 Å². The van der Waals surface area contributed by atoms with Crippen LogP contribution in [0.4, 0.5) is 5.82 Å². The van der Waals surface area contributed by atoms with E-state index in [0.29, 0.717) is 23.5 Å². The topological polar surface area (TPSA) is 131 Å². The maximum Gasteiger partial charge on any atom is 0.265 e. The number of nitrogens with zero attached hydrogens (tertiary/aromatic N) is 4. The average molecular weight is 527 g/mol. The Bertz CT molecular complexity index is 1080. The van der Waals surface area contributed by atoms with Crippen molar-refractivity contribution < 1.29 is 14.7 Å². The highest BCUT2D eigenvalue weighted by molar-refractivity contribution is 7.81. The minimum absolute atomic E-state index is 0.0375. The van der Waals surface area contributed by atoms with E-state index in [4.69, 9.17) is 12.2 Å². The van der Waals surface area contributed by atoms with Gasteiger partial charge in [-0.25, -0.2) is 4.98 Å². The molecule has 1 saturated heterocycles. The fourth-order valence-electron chi connectivity index (χ4n) is 4.72. The molecule has 9 nitrogen and oxygen atoms in total. The SMILES string of the molecule is CC(=NC(C(=O)N1CCC[C@@H]1C)C(=S)c1cnc(NC2CCCCC2)c(C#N)c1)C(=O)NCC(C)(C)O. The number of carbonyl (C=O) groups is 2. The number of amides is 2. The van der Waals surface area contributed by atoms with Gasteiger partial charge in [0.25, 0.3) is 11.8 Å². The van der Waals surface area contributed by atoms with E-state index in [1.807, 2.05) is 6.92 Å². The van der Waals surface area contributed by atoms with Crippen LogP contribution in [0.5, 0.6) is 0 Å². The van der Waals surface area contributed by atoms with Crippen LogP contribution in [0, 0.1) is 11.3 Å². The molecule has 37 heavy (non-hydrogen) atoms. The molecule has 0 bridgehead atoms. The number of nitrogens with one attached hydrogen (secondary N) is 2. The van der Waals surface area contributed by atoms with Crippen molar-refractivity contribution in [2.45, 2.75) is 96.4 Å². The summed E-state index contributed by atoms with van der Waals surface area (Å²) in [6.45, 7) is 7.32. The molecule has 0 radical (unpaired) electrons. The summed E-state index contributed by atoms with van der Waals surface area (Å²) in [6, 6.07) is 3.07. The summed E-state index contributed by atoms with van der Waals surface area (Å²) in [4.78, 5) is 37.2. The summed E-state index contributed by atoms with van der Waals surface area (Å²) in [6.07, 6.45) is 8.97. The third-order valence-corrected chi connectivity index (χ3v) is 7.35. The van der Waals surface area contributed by atoms with Crippen molar-refractivity contribution in [3.8, 4) is 6.07 Å². The van der Waals surface area contributed by atoms with E-state index in [9.17, 15) is 20.0 Å². The van der Waals surface area contributed by atoms with Gasteiger partial charge in [0.15, 0.2) is 6.04 Å². The standard InChI is InChI=1S/C27H38N6O3S/c1-17-9-8-12-33(17)26(35)22(31-18(2)25(34)30-16-27(3,4)36)23(37)20-13-19(14-28)24(29-15-20)32-21-10-6-5-7-11-21/h13,15,17,21-22,36H,5-12,16H2,1-4H3,(H,29,32)(H,30,34)/t17-,22?/m0/s1. The van der Waals surface area contributed by atoms with E-state index < -0.39 is 17.6 Å². The molecule has 1 saturated carbocycles. The first-order valence-electron chi connectivity index (χ1n) is 13.1. The summed E-state index contributed by atoms with van der Waals surface area (Å²) in [7, 11) is 0. The molecule has 2 heterocycles. The number of pyridine rings is 1. The lowest BCUT2D eigenvalue weighted by Crippen LogP contribution is -2.45. The van der Waals surface area contributed by atoms with E-state index in [1.54, 1.807) is 31.0 Å². The first-order valence-corrected chi connectivity index (χ1v) is 13.5. The van der Waals surface area contributed by atoms with E-state index in [0.717, 1.165) is 38.5 Å². The smallest absolute Gasteiger partial charge is 0.265 e. The Kier molecular flexibility index (Phi) is 9.74. The van der Waals surface area contributed by atoms with Crippen LogP contribution in [0.3, 0.4) is 0 Å². The first kappa shape index (κ1) is 28.7. The van der Waals surface area contributed by atoms with E-state index in [1.165, 1.54) is 13.3 Å². The van der Waals surface area contributed by atoms with Crippen molar-refractivity contribution in [2.75, 3.05) is 18.4 Å². The number of carbonyl (C=O) groups excluding carboxylic acids is 2. The number of rotatable bonds is 9. The van der Waals surface area contributed by atoms with Crippen molar-refractivity contribution in [1.82, 2.24) is 15.2 Å². The second-order valence-corrected chi connectivity index (χ2v) is 11.2. The Morgan fingerprint density at radius 3 is 2.59 bits per heavy atom. The van der Waals surface area contributed by atoms with Gasteiger partial charge in [0, 0.05) is 36.9 Å². The Morgan fingerprint density at radius 2 is 2.00 bits per heavy atom. The quantitative estimate of drug-likeness (QED) is 0.256. The third kappa shape index (κ3) is 7.79. The molecule has 0 aromatic carbocycles. The van der Waals surface area contributed by atoms with Crippen molar-refractivity contribution in [1.29, 1.82) is 5.26 Å². The van der Waals surface area contributed by atoms with Gasteiger partial charge in [-0.2, -0.15) is 5.26 Å². The van der Waals surface area contributed by atoms with Crippen LogP contribution in [-0.2, 0) is 9.59 Å². The van der Waals surface area contributed by atoms with Gasteiger partial charge in [-0.1, -0.05) is 31.5 Å². The van der Waals surface area contributed by atoms with E-state index >= 15 is 0 Å². The molecule has 3 rings (SSSR count). The second kappa shape index (κ2) is 12.6. The van der Waals surface area contributed by atoms with Gasteiger partial charge in [0.2, 0.25) is 0 Å². The number of aromatic nitrogens is 1. The van der Waals surface area contributed by atoms with Crippen LogP contribution in [-0.4, -0.2) is 74.2 Å². The Hall–Kier alpha value is -2.90. The van der Waals surface area contributed by atoms with E-state index in [-0.39, 0.29) is 35.1 Å². The number of nitriles is 1. The minimum Gasteiger partial charge on any atom is -0.389 e. The summed E-state index contributed by atoms with van der Waals surface area (Å²) in [5.41, 5.74) is -0.187. The number of aliphatic hydroxyl groups is 1. The molecule has 2 amide bonds. The first-order chi connectivity index (χ1) is 17.5. The highest BCUT2D eigenvalue weighted by atomic mass is 32.1. The minimum atomic E-state index is -1.10. The van der Waals surface area contributed by atoms with Crippen molar-refractivity contribution in [2.24, 2.45) is 4.99 Å². The summed E-state index contributed by atoms with van der Waals surface area (Å²) in [5, 5.41) is 25.8. The summed E-state index contributed by atoms with van der Waals surface area (Å²) < 4.78 is 0. The lowest BCUT2D eigenvalue weighted by molar-refractivity contribution is -0.131. The molecule has 1 unspecified atom stereocenters. The number of aliphatic imine (C=N–C) groups is 1. The third-order valence-electron chi connectivity index (χ3n) is 6.89. The maximum atomic E-state index is 13.6. The normalized spacial score (nSPS) is 19.7. The second-order valence-electron chi connectivity index (χ2n) is 10.7. The van der Waals surface area contributed by atoms with E-state index in [2.05, 4.69) is 26.7 Å². The summed E-state index contributed by atoms with van der Waals surface area (Å²) >= 11 is 5.74. The zero-order chi connectivity index (χ0) is 27.2. The molecule has 2 atom stereocenters. The Morgan fingerprint density at radius 1 is 1.30 bits per heavy atom. The molecular weight excluding hydrogens is 488 g/mol. The Labute approximate surface area is 224 Å². The number of hydrogen-bond donors (Lipinski definition) is 3. The fourth-order valence-corrected chi connectivity index (χ4v) is 4.98. The van der Waals surface area contributed by atoms with Crippen LogP contribution in [0.15, 0.2) is 17.3 Å². The van der Waals surface area contributed by atoms with Crippen molar-refractivity contribution in [3.63, 3.8) is 0 Å². The predicted octanol–water partition coefficient (Wildman–Crippen LogP) is 3.14. The van der Waals surface area contributed by atoms with Gasteiger partial charge in [-0.15, -0.1) is 0 Å². The predicted molar refractivity (Wildman–Crippen MR) is 148 cm³/mol. The van der Waals surface area contributed by atoms with Gasteiger partial charge in [-0.3, -0.25) is 14.6 Å². The molecule has 2 fully saturated rings. The van der Waals surface area contributed by atoms with Crippen molar-refractivity contribution in [3.05, 3.63) is 23.4 Å². The van der Waals surface area contributed by atoms with Crippen LogP contribution in [0.1, 0.15) is 83.8 Å². The summed E-state index contributed by atoms with van der Waals surface area (Å²) in [5.74, 6) is -0.240. The number of hydrogen-bond acceptors (Lipinski definition) is 8. The molecule has 10 heteroatoms. The van der Waals surface area contributed by atoms with Crippen LogP contribution in [0.25, 0.3) is 0 Å². The Balaban J connectivity index is 1.88. The van der Waals surface area contributed by atoms with Gasteiger partial charge in [-0.05, 0) is 59.4 Å².